The average Bonchev–Trinajstić information content (AvgIpc) is 3.55. The molecule has 0 bridgehead atoms. The van der Waals surface area contributed by atoms with Crippen LogP contribution in [0.3, 0.4) is 0 Å². The number of aryl methyl sites for hydroxylation is 1. The number of carbonyl (C=O) groups is 2. The summed E-state index contributed by atoms with van der Waals surface area (Å²) in [6, 6.07) is 28.7. The molecule has 4 aromatic rings. The Bertz CT molecular complexity index is 1730. The molecule has 5 rings (SSSR count). The number of amides is 2. The van der Waals surface area contributed by atoms with Gasteiger partial charge < -0.3 is 10.2 Å². The summed E-state index contributed by atoms with van der Waals surface area (Å²) in [5.41, 5.74) is 2.89. The Labute approximate surface area is 281 Å². The summed E-state index contributed by atoms with van der Waals surface area (Å²) in [6.07, 6.45) is 4.09. The number of benzene rings is 4. The van der Waals surface area contributed by atoms with Crippen molar-refractivity contribution in [2.75, 3.05) is 10.8 Å². The molecular weight excluding hydrogens is 641 g/mol. The molecule has 2 amide bonds. The van der Waals surface area contributed by atoms with E-state index >= 15 is 0 Å². The minimum absolute atomic E-state index is 0.00351. The summed E-state index contributed by atoms with van der Waals surface area (Å²) in [5, 5.41) is 3.63. The normalized spacial score (nSPS) is 14.1. The van der Waals surface area contributed by atoms with Crippen LogP contribution in [0.5, 0.6) is 0 Å². The summed E-state index contributed by atoms with van der Waals surface area (Å²) in [7, 11) is -4.25. The summed E-state index contributed by atoms with van der Waals surface area (Å²) < 4.78 is 29.3. The lowest BCUT2D eigenvalue weighted by atomic mass is 10.0. The molecule has 1 aliphatic carbocycles. The van der Waals surface area contributed by atoms with E-state index in [1.807, 2.05) is 61.5 Å². The summed E-state index contributed by atoms with van der Waals surface area (Å²) in [4.78, 5) is 30.2. The second-order valence-corrected chi connectivity index (χ2v) is 14.4. The molecule has 10 heteroatoms. The molecule has 1 aliphatic rings. The van der Waals surface area contributed by atoms with E-state index in [0.717, 1.165) is 46.7 Å². The number of hydrogen-bond donors (Lipinski definition) is 1. The highest BCUT2D eigenvalue weighted by atomic mass is 35.5. The Hall–Kier alpha value is -3.85. The molecule has 0 aliphatic heterocycles. The van der Waals surface area contributed by atoms with Crippen molar-refractivity contribution in [2.24, 2.45) is 0 Å². The number of anilines is 1. The van der Waals surface area contributed by atoms with Crippen LogP contribution in [0, 0.1) is 6.92 Å². The third-order valence-corrected chi connectivity index (χ3v) is 10.4. The van der Waals surface area contributed by atoms with Crippen molar-refractivity contribution < 1.29 is 18.0 Å². The van der Waals surface area contributed by atoms with Crippen molar-refractivity contribution in [3.8, 4) is 0 Å². The average molecular weight is 679 g/mol. The van der Waals surface area contributed by atoms with Crippen molar-refractivity contribution >= 4 is 50.7 Å². The molecule has 0 heterocycles. The highest BCUT2D eigenvalue weighted by Crippen LogP contribution is 2.30. The number of hydrogen-bond acceptors (Lipinski definition) is 4. The molecule has 1 atom stereocenters. The van der Waals surface area contributed by atoms with E-state index in [2.05, 4.69) is 5.32 Å². The third-order valence-electron chi connectivity index (χ3n) is 8.19. The zero-order chi connectivity index (χ0) is 32.7. The molecule has 46 heavy (non-hydrogen) atoms. The van der Waals surface area contributed by atoms with Crippen molar-refractivity contribution in [1.82, 2.24) is 10.2 Å². The van der Waals surface area contributed by atoms with E-state index in [4.69, 9.17) is 23.2 Å². The van der Waals surface area contributed by atoms with Crippen molar-refractivity contribution in [1.29, 1.82) is 0 Å². The van der Waals surface area contributed by atoms with E-state index in [0.29, 0.717) is 0 Å². The van der Waals surface area contributed by atoms with Crippen LogP contribution in [0.2, 0.25) is 10.0 Å². The van der Waals surface area contributed by atoms with Crippen LogP contribution in [0.15, 0.2) is 108 Å². The fraction of sp³-hybridized carbons (Fsp3) is 0.278. The minimum atomic E-state index is -4.25. The fourth-order valence-electron chi connectivity index (χ4n) is 5.74. The van der Waals surface area contributed by atoms with E-state index in [-0.39, 0.29) is 45.5 Å². The molecule has 1 saturated carbocycles. The van der Waals surface area contributed by atoms with Crippen LogP contribution in [0.1, 0.15) is 42.4 Å². The van der Waals surface area contributed by atoms with Gasteiger partial charge in [-0.15, -0.1) is 0 Å². The second-order valence-electron chi connectivity index (χ2n) is 11.7. The number of sulfonamides is 1. The number of carbonyl (C=O) groups excluding carboxylic acids is 2. The van der Waals surface area contributed by atoms with Gasteiger partial charge in [0.25, 0.3) is 10.0 Å². The van der Waals surface area contributed by atoms with Crippen molar-refractivity contribution in [3.05, 3.63) is 130 Å². The minimum Gasteiger partial charge on any atom is -0.352 e. The quantitative estimate of drug-likeness (QED) is 0.172. The van der Waals surface area contributed by atoms with Crippen LogP contribution in [0.25, 0.3) is 0 Å². The second kappa shape index (κ2) is 15.2. The molecule has 0 spiro atoms. The van der Waals surface area contributed by atoms with Gasteiger partial charge in [-0.25, -0.2) is 8.42 Å². The maximum Gasteiger partial charge on any atom is 0.264 e. The van der Waals surface area contributed by atoms with E-state index in [1.165, 1.54) is 35.2 Å². The Morgan fingerprint density at radius 3 is 2.02 bits per heavy atom. The van der Waals surface area contributed by atoms with Crippen LogP contribution in [-0.4, -0.2) is 43.8 Å². The Kier molecular flexibility index (Phi) is 11.0. The van der Waals surface area contributed by atoms with E-state index in [9.17, 15) is 18.0 Å². The van der Waals surface area contributed by atoms with E-state index < -0.39 is 28.5 Å². The molecule has 1 N–H and O–H groups in total. The SMILES string of the molecule is Cc1ccc(CN(C(=O)CN(c2cc(Cl)cc(Cl)c2)S(=O)(=O)c2ccccc2)[C@H](Cc2ccccc2)C(=O)NC2CCCC2)cc1. The zero-order valence-corrected chi connectivity index (χ0v) is 27.9. The van der Waals surface area contributed by atoms with Gasteiger partial charge in [0, 0.05) is 29.1 Å². The first-order chi connectivity index (χ1) is 22.1. The van der Waals surface area contributed by atoms with Crippen molar-refractivity contribution in [2.45, 2.75) is 62.6 Å². The monoisotopic (exact) mass is 677 g/mol. The highest BCUT2D eigenvalue weighted by molar-refractivity contribution is 7.92. The van der Waals surface area contributed by atoms with Gasteiger partial charge in [-0.05, 0) is 61.2 Å². The topological polar surface area (TPSA) is 86.8 Å². The van der Waals surface area contributed by atoms with Crippen LogP contribution < -0.4 is 9.62 Å². The van der Waals surface area contributed by atoms with Gasteiger partial charge in [-0.2, -0.15) is 0 Å². The van der Waals surface area contributed by atoms with Crippen LogP contribution >= 0.6 is 23.2 Å². The molecular formula is C36H37Cl2N3O4S. The molecule has 4 aromatic carbocycles. The van der Waals surface area contributed by atoms with Gasteiger partial charge in [0.15, 0.2) is 0 Å². The largest absolute Gasteiger partial charge is 0.352 e. The fourth-order valence-corrected chi connectivity index (χ4v) is 7.68. The Morgan fingerprint density at radius 1 is 0.826 bits per heavy atom. The maximum absolute atomic E-state index is 14.6. The summed E-state index contributed by atoms with van der Waals surface area (Å²) in [5.74, 6) is -0.807. The van der Waals surface area contributed by atoms with Gasteiger partial charge in [-0.3, -0.25) is 13.9 Å². The first kappa shape index (κ1) is 33.5. The van der Waals surface area contributed by atoms with Gasteiger partial charge in [-0.1, -0.05) is 114 Å². The lowest BCUT2D eigenvalue weighted by molar-refractivity contribution is -0.140. The lowest BCUT2D eigenvalue weighted by Gasteiger charge is -2.34. The van der Waals surface area contributed by atoms with Crippen LogP contribution in [-0.2, 0) is 32.6 Å². The molecule has 1 fully saturated rings. The Morgan fingerprint density at radius 2 is 1.41 bits per heavy atom. The first-order valence-corrected chi connectivity index (χ1v) is 17.5. The maximum atomic E-state index is 14.6. The lowest BCUT2D eigenvalue weighted by Crippen LogP contribution is -2.54. The number of rotatable bonds is 12. The third kappa shape index (κ3) is 8.49. The predicted molar refractivity (Wildman–Crippen MR) is 183 cm³/mol. The smallest absolute Gasteiger partial charge is 0.264 e. The molecule has 240 valence electrons. The zero-order valence-electron chi connectivity index (χ0n) is 25.6. The van der Waals surface area contributed by atoms with E-state index in [1.54, 1.807) is 18.2 Å². The molecule has 0 aromatic heterocycles. The predicted octanol–water partition coefficient (Wildman–Crippen LogP) is 7.20. The highest BCUT2D eigenvalue weighted by Gasteiger charge is 2.35. The summed E-state index contributed by atoms with van der Waals surface area (Å²) >= 11 is 12.6. The van der Waals surface area contributed by atoms with Gasteiger partial charge in [0.2, 0.25) is 11.8 Å². The Balaban J connectivity index is 1.57. The summed E-state index contributed by atoms with van der Waals surface area (Å²) in [6.45, 7) is 1.49. The number of halogens is 2. The standard InChI is InChI=1S/C36H37Cl2N3O4S/c1-26-16-18-28(19-17-26)24-40(34(20-27-10-4-2-5-11-27)36(43)39-31-12-8-9-13-31)35(42)25-41(32-22-29(37)21-30(38)23-32)46(44,45)33-14-6-3-7-15-33/h2-7,10-11,14-19,21-23,31,34H,8-9,12-13,20,24-25H2,1H3,(H,39,43)/t34-/m1/s1. The molecule has 0 unspecified atom stereocenters. The first-order valence-electron chi connectivity index (χ1n) is 15.3. The molecule has 0 saturated heterocycles. The van der Waals surface area contributed by atoms with Crippen LogP contribution in [0.4, 0.5) is 5.69 Å². The van der Waals surface area contributed by atoms with Crippen molar-refractivity contribution in [3.63, 3.8) is 0 Å². The van der Waals surface area contributed by atoms with Gasteiger partial charge >= 0.3 is 0 Å². The molecule has 7 nitrogen and oxygen atoms in total. The number of nitrogens with one attached hydrogen (secondary N) is 1. The van der Waals surface area contributed by atoms with Gasteiger partial charge in [0.05, 0.1) is 10.6 Å². The van der Waals surface area contributed by atoms with Gasteiger partial charge in [0.1, 0.15) is 12.6 Å². The number of nitrogens with zero attached hydrogens (tertiary/aromatic N) is 2. The molecule has 0 radical (unpaired) electrons.